The first-order valence-corrected chi connectivity index (χ1v) is 7.38. The average molecular weight is 283 g/mol. The Kier molecular flexibility index (Phi) is 4.69. The SMILES string of the molecule is CNC(c1cc(C)c(OC)c(C)c1)c1cccc(C)c1C. The molecule has 1 atom stereocenters. The van der Waals surface area contributed by atoms with Crippen LogP contribution in [0, 0.1) is 27.7 Å². The molecule has 0 saturated heterocycles. The lowest BCUT2D eigenvalue weighted by Gasteiger charge is -2.22. The molecule has 0 aliphatic heterocycles. The molecular weight excluding hydrogens is 258 g/mol. The summed E-state index contributed by atoms with van der Waals surface area (Å²) in [6.45, 7) is 8.56. The first-order chi connectivity index (χ1) is 9.99. The molecule has 1 unspecified atom stereocenters. The molecule has 1 N–H and O–H groups in total. The standard InChI is InChI=1S/C19H25NO/c1-12-8-7-9-17(15(12)4)18(20-5)16-10-13(2)19(21-6)14(3)11-16/h7-11,18,20H,1-6H3. The molecule has 112 valence electrons. The van der Waals surface area contributed by atoms with E-state index in [4.69, 9.17) is 4.74 Å². The molecule has 2 aromatic carbocycles. The molecule has 2 nitrogen and oxygen atoms in total. The van der Waals surface area contributed by atoms with E-state index >= 15 is 0 Å². The first kappa shape index (κ1) is 15.6. The van der Waals surface area contributed by atoms with Gasteiger partial charge in [-0.1, -0.05) is 30.3 Å². The van der Waals surface area contributed by atoms with E-state index in [-0.39, 0.29) is 6.04 Å². The minimum atomic E-state index is 0.202. The van der Waals surface area contributed by atoms with Crippen molar-refractivity contribution in [2.24, 2.45) is 0 Å². The Bertz CT molecular complexity index is 623. The fraction of sp³-hybridized carbons (Fsp3) is 0.368. The molecule has 21 heavy (non-hydrogen) atoms. The maximum atomic E-state index is 5.47. The molecule has 0 spiro atoms. The van der Waals surface area contributed by atoms with Crippen molar-refractivity contribution in [2.45, 2.75) is 33.7 Å². The summed E-state index contributed by atoms with van der Waals surface area (Å²) < 4.78 is 5.47. The lowest BCUT2D eigenvalue weighted by molar-refractivity contribution is 0.408. The maximum absolute atomic E-state index is 5.47. The van der Waals surface area contributed by atoms with Gasteiger partial charge in [0.15, 0.2) is 0 Å². The van der Waals surface area contributed by atoms with Crippen molar-refractivity contribution >= 4 is 0 Å². The summed E-state index contributed by atoms with van der Waals surface area (Å²) in [5.41, 5.74) is 7.65. The highest BCUT2D eigenvalue weighted by Crippen LogP contribution is 2.31. The van der Waals surface area contributed by atoms with E-state index in [0.717, 1.165) is 5.75 Å². The molecule has 0 radical (unpaired) electrons. The second-order valence-corrected chi connectivity index (χ2v) is 5.70. The van der Waals surface area contributed by atoms with Gasteiger partial charge in [0.1, 0.15) is 5.75 Å². The van der Waals surface area contributed by atoms with Gasteiger partial charge in [-0.25, -0.2) is 0 Å². The molecule has 2 heteroatoms. The lowest BCUT2D eigenvalue weighted by Crippen LogP contribution is -2.19. The first-order valence-electron chi connectivity index (χ1n) is 7.38. The number of hydrogen-bond acceptors (Lipinski definition) is 2. The summed E-state index contributed by atoms with van der Waals surface area (Å²) in [6.07, 6.45) is 0. The Hall–Kier alpha value is -1.80. The zero-order valence-corrected chi connectivity index (χ0v) is 13.9. The molecule has 0 aromatic heterocycles. The summed E-state index contributed by atoms with van der Waals surface area (Å²) in [4.78, 5) is 0. The van der Waals surface area contributed by atoms with Crippen LogP contribution in [-0.4, -0.2) is 14.2 Å². The minimum absolute atomic E-state index is 0.202. The van der Waals surface area contributed by atoms with Gasteiger partial charge in [-0.05, 0) is 68.1 Å². The quantitative estimate of drug-likeness (QED) is 0.906. The summed E-state index contributed by atoms with van der Waals surface area (Å²) in [5.74, 6) is 0.981. The Balaban J connectivity index is 2.54. The summed E-state index contributed by atoms with van der Waals surface area (Å²) >= 11 is 0. The molecule has 0 heterocycles. The smallest absolute Gasteiger partial charge is 0.124 e. The van der Waals surface area contributed by atoms with Gasteiger partial charge in [-0.3, -0.25) is 0 Å². The van der Waals surface area contributed by atoms with Crippen LogP contribution in [0.4, 0.5) is 0 Å². The summed E-state index contributed by atoms with van der Waals surface area (Å²) in [5, 5.41) is 3.45. The van der Waals surface area contributed by atoms with Crippen molar-refractivity contribution < 1.29 is 4.74 Å². The number of aryl methyl sites for hydroxylation is 3. The highest BCUT2D eigenvalue weighted by molar-refractivity contribution is 5.48. The third-order valence-corrected chi connectivity index (χ3v) is 4.27. The van der Waals surface area contributed by atoms with Gasteiger partial charge in [0.2, 0.25) is 0 Å². The van der Waals surface area contributed by atoms with E-state index < -0.39 is 0 Å². The Morgan fingerprint density at radius 3 is 2.10 bits per heavy atom. The van der Waals surface area contributed by atoms with Crippen LogP contribution in [0.2, 0.25) is 0 Å². The molecule has 0 aliphatic rings. The van der Waals surface area contributed by atoms with Gasteiger partial charge in [0, 0.05) is 0 Å². The van der Waals surface area contributed by atoms with E-state index in [0.29, 0.717) is 0 Å². The van der Waals surface area contributed by atoms with Crippen LogP contribution in [0.1, 0.15) is 39.4 Å². The summed E-state index contributed by atoms with van der Waals surface area (Å²) in [6, 6.07) is 11.1. The summed E-state index contributed by atoms with van der Waals surface area (Å²) in [7, 11) is 3.75. The minimum Gasteiger partial charge on any atom is -0.496 e. The van der Waals surface area contributed by atoms with E-state index in [9.17, 15) is 0 Å². The van der Waals surface area contributed by atoms with Crippen molar-refractivity contribution in [1.82, 2.24) is 5.32 Å². The highest BCUT2D eigenvalue weighted by atomic mass is 16.5. The third-order valence-electron chi connectivity index (χ3n) is 4.27. The predicted octanol–water partition coefficient (Wildman–Crippen LogP) is 4.24. The number of benzene rings is 2. The second kappa shape index (κ2) is 6.31. The number of nitrogens with one attached hydrogen (secondary N) is 1. The van der Waals surface area contributed by atoms with Gasteiger partial charge in [-0.2, -0.15) is 0 Å². The maximum Gasteiger partial charge on any atom is 0.124 e. The van der Waals surface area contributed by atoms with Gasteiger partial charge in [0.05, 0.1) is 13.2 Å². The molecule has 0 amide bonds. The zero-order chi connectivity index (χ0) is 15.6. The average Bonchev–Trinajstić information content (AvgIpc) is 2.44. The third kappa shape index (κ3) is 2.96. The van der Waals surface area contributed by atoms with Crippen LogP contribution in [0.15, 0.2) is 30.3 Å². The van der Waals surface area contributed by atoms with Crippen LogP contribution < -0.4 is 10.1 Å². The van der Waals surface area contributed by atoms with Gasteiger partial charge in [-0.15, -0.1) is 0 Å². The van der Waals surface area contributed by atoms with Crippen LogP contribution in [-0.2, 0) is 0 Å². The van der Waals surface area contributed by atoms with E-state index in [1.54, 1.807) is 7.11 Å². The molecule has 0 fully saturated rings. The number of methoxy groups -OCH3 is 1. The van der Waals surface area contributed by atoms with Crippen LogP contribution in [0.5, 0.6) is 5.75 Å². The van der Waals surface area contributed by atoms with Crippen molar-refractivity contribution in [1.29, 1.82) is 0 Å². The van der Waals surface area contributed by atoms with Gasteiger partial charge in [0.25, 0.3) is 0 Å². The van der Waals surface area contributed by atoms with Crippen molar-refractivity contribution in [3.05, 3.63) is 63.7 Å². The van der Waals surface area contributed by atoms with Crippen LogP contribution in [0.25, 0.3) is 0 Å². The topological polar surface area (TPSA) is 21.3 Å². The molecule has 2 rings (SSSR count). The van der Waals surface area contributed by atoms with Crippen LogP contribution >= 0.6 is 0 Å². The van der Waals surface area contributed by atoms with Gasteiger partial charge < -0.3 is 10.1 Å². The van der Waals surface area contributed by atoms with Crippen molar-refractivity contribution in [3.63, 3.8) is 0 Å². The number of hydrogen-bond donors (Lipinski definition) is 1. The van der Waals surface area contributed by atoms with Crippen LogP contribution in [0.3, 0.4) is 0 Å². The predicted molar refractivity (Wildman–Crippen MR) is 89.3 cm³/mol. The van der Waals surface area contributed by atoms with E-state index in [1.165, 1.54) is 33.4 Å². The monoisotopic (exact) mass is 283 g/mol. The van der Waals surface area contributed by atoms with Crippen molar-refractivity contribution in [2.75, 3.05) is 14.2 Å². The highest BCUT2D eigenvalue weighted by Gasteiger charge is 2.17. The fourth-order valence-electron chi connectivity index (χ4n) is 3.06. The molecule has 0 saturated carbocycles. The normalized spacial score (nSPS) is 12.3. The molecule has 0 aliphatic carbocycles. The Labute approximate surface area is 128 Å². The van der Waals surface area contributed by atoms with E-state index in [1.807, 2.05) is 7.05 Å². The Morgan fingerprint density at radius 1 is 0.952 bits per heavy atom. The molecular formula is C19H25NO. The van der Waals surface area contributed by atoms with E-state index in [2.05, 4.69) is 63.3 Å². The number of rotatable bonds is 4. The fourth-order valence-corrected chi connectivity index (χ4v) is 3.06. The second-order valence-electron chi connectivity index (χ2n) is 5.70. The largest absolute Gasteiger partial charge is 0.496 e. The molecule has 2 aromatic rings. The van der Waals surface area contributed by atoms with Crippen molar-refractivity contribution in [3.8, 4) is 5.75 Å². The lowest BCUT2D eigenvalue weighted by atomic mass is 9.91. The molecule has 0 bridgehead atoms. The zero-order valence-electron chi connectivity index (χ0n) is 13.9. The van der Waals surface area contributed by atoms with Gasteiger partial charge >= 0.3 is 0 Å². The Morgan fingerprint density at radius 2 is 1.57 bits per heavy atom. The number of ether oxygens (including phenoxy) is 1.